The second kappa shape index (κ2) is 19.1. The molecule has 0 spiro atoms. The van der Waals surface area contributed by atoms with Crippen molar-refractivity contribution in [3.05, 3.63) is 86.0 Å². The summed E-state index contributed by atoms with van der Waals surface area (Å²) in [5.74, 6) is -2.52. The number of rotatable bonds is 15. The number of non-ortho nitro benzene ring substituents is 1. The van der Waals surface area contributed by atoms with E-state index in [9.17, 15) is 54.5 Å². The summed E-state index contributed by atoms with van der Waals surface area (Å²) in [5, 5.41) is 57.7. The number of benzene rings is 3. The van der Waals surface area contributed by atoms with Crippen molar-refractivity contribution in [1.82, 2.24) is 5.32 Å². The fraction of sp³-hybridized carbons (Fsp3) is 0.425. The fourth-order valence-corrected chi connectivity index (χ4v) is 9.16. The molecule has 1 fully saturated rings. The van der Waals surface area contributed by atoms with Crippen molar-refractivity contribution in [3.8, 4) is 23.0 Å². The van der Waals surface area contributed by atoms with Crippen molar-refractivity contribution < 1.29 is 77.7 Å². The molecule has 1 aliphatic heterocycles. The van der Waals surface area contributed by atoms with Gasteiger partial charge < -0.3 is 54.2 Å². The molecule has 61 heavy (non-hydrogen) atoms. The first-order valence-corrected chi connectivity index (χ1v) is 21.3. The number of phenolic OH excluding ortho intramolecular Hbond substituents is 2. The summed E-state index contributed by atoms with van der Waals surface area (Å²) in [6.07, 6.45) is -6.92. The van der Waals surface area contributed by atoms with Crippen molar-refractivity contribution >= 4 is 56.9 Å². The third-order valence-corrected chi connectivity index (χ3v) is 12.9. The maximum absolute atomic E-state index is 14.0. The number of hydrogen-bond acceptors (Lipinski definition) is 19. The number of methoxy groups -OCH3 is 1. The zero-order valence-electron chi connectivity index (χ0n) is 32.9. The molecule has 0 bridgehead atoms. The number of aliphatic hydroxyl groups is 2. The third kappa shape index (κ3) is 9.56. The van der Waals surface area contributed by atoms with E-state index in [1.807, 2.05) is 0 Å². The van der Waals surface area contributed by atoms with Crippen molar-refractivity contribution in [3.63, 3.8) is 0 Å². The van der Waals surface area contributed by atoms with Crippen molar-refractivity contribution in [2.45, 2.75) is 63.8 Å². The maximum atomic E-state index is 14.0. The molecule has 6 rings (SSSR count). The number of phenols is 2. The Morgan fingerprint density at radius 3 is 2.31 bits per heavy atom. The van der Waals surface area contributed by atoms with Crippen molar-refractivity contribution in [2.75, 3.05) is 38.4 Å². The van der Waals surface area contributed by atoms with Gasteiger partial charge in [0.15, 0.2) is 17.9 Å². The van der Waals surface area contributed by atoms with Crippen LogP contribution in [0.3, 0.4) is 0 Å². The van der Waals surface area contributed by atoms with Crippen LogP contribution in [0.5, 0.6) is 23.0 Å². The lowest BCUT2D eigenvalue weighted by Crippen LogP contribution is -2.55. The second-order valence-electron chi connectivity index (χ2n) is 14.5. The number of alkyl carbamates (subject to hydrolysis) is 1. The van der Waals surface area contributed by atoms with Crippen LogP contribution in [-0.2, 0) is 30.2 Å². The first-order valence-electron chi connectivity index (χ1n) is 18.8. The number of carbonyl (C=O) groups excluding carboxylic acids is 5. The van der Waals surface area contributed by atoms with Crippen LogP contribution in [0.15, 0.2) is 42.5 Å². The minimum absolute atomic E-state index is 0.00183. The van der Waals surface area contributed by atoms with E-state index in [-0.39, 0.29) is 71.9 Å². The smallest absolute Gasteiger partial charge is 0.507 e. The minimum Gasteiger partial charge on any atom is -0.507 e. The zero-order chi connectivity index (χ0) is 44.2. The molecular formula is C40H42N2O17S2. The highest BCUT2D eigenvalue weighted by atomic mass is 33.1. The molecule has 0 unspecified atom stereocenters. The molecule has 3 aromatic rings. The third-order valence-electron chi connectivity index (χ3n) is 10.5. The molecule has 1 saturated heterocycles. The van der Waals surface area contributed by atoms with Crippen LogP contribution >= 0.6 is 21.6 Å². The van der Waals surface area contributed by atoms with Gasteiger partial charge in [-0.2, -0.15) is 0 Å². The predicted molar refractivity (Wildman–Crippen MR) is 215 cm³/mol. The van der Waals surface area contributed by atoms with E-state index in [1.54, 1.807) is 0 Å². The first-order chi connectivity index (χ1) is 29.1. The van der Waals surface area contributed by atoms with Crippen molar-refractivity contribution in [1.29, 1.82) is 0 Å². The highest BCUT2D eigenvalue weighted by molar-refractivity contribution is 8.76. The number of nitro benzene ring substituents is 1. The number of ketones is 3. The standard InChI is InChI=1S/C40H42N2O17S2/c1-19-33(45)24(41-38(50)55-11-13-60-61-14-12-56-39(51)58-21-9-7-20(8-10-21)42(52)53)15-28(57-19)59-26-17-40(2,27(44)18-43)16-23-30(26)37(49)32-31(35(23)47)34(46)22-5-4-6-25(54-3)29(22)36(32)48/h4-10,19,24,26,28,33,43,45,47,49H,11-18H2,1-3H3,(H,41,50)/t19-,24-,26-,28-,33+,40+/m0/s1. The molecule has 19 nitrogen and oxygen atoms in total. The number of Topliss-reactive ketones (excluding diaryl/α,β-unsaturated/α-hetero) is 1. The van der Waals surface area contributed by atoms with Gasteiger partial charge in [0.2, 0.25) is 5.78 Å². The lowest BCUT2D eigenvalue weighted by atomic mass is 9.67. The molecule has 2 aliphatic carbocycles. The number of hydrogen-bond donors (Lipinski definition) is 5. The van der Waals surface area contributed by atoms with Crippen LogP contribution in [0.1, 0.15) is 75.8 Å². The minimum atomic E-state index is -1.37. The number of nitrogens with one attached hydrogen (secondary N) is 1. The molecule has 1 heterocycles. The van der Waals surface area contributed by atoms with Crippen LogP contribution in [0.2, 0.25) is 0 Å². The summed E-state index contributed by atoms with van der Waals surface area (Å²) >= 11 is 0. The van der Waals surface area contributed by atoms with E-state index in [2.05, 4.69) is 5.32 Å². The summed E-state index contributed by atoms with van der Waals surface area (Å²) in [6, 6.07) is 8.33. The summed E-state index contributed by atoms with van der Waals surface area (Å²) in [7, 11) is 3.98. The monoisotopic (exact) mass is 886 g/mol. The number of aliphatic hydroxyl groups excluding tert-OH is 2. The van der Waals surface area contributed by atoms with Gasteiger partial charge in [0.05, 0.1) is 47.0 Å². The number of aromatic hydroxyl groups is 2. The van der Waals surface area contributed by atoms with Gasteiger partial charge in [-0.05, 0) is 38.0 Å². The summed E-state index contributed by atoms with van der Waals surface area (Å²) in [4.78, 5) is 75.8. The Bertz CT molecular complexity index is 2220. The molecule has 326 valence electrons. The molecule has 0 saturated carbocycles. The van der Waals surface area contributed by atoms with Gasteiger partial charge in [-0.15, -0.1) is 0 Å². The highest BCUT2D eigenvalue weighted by Gasteiger charge is 2.49. The molecule has 0 radical (unpaired) electrons. The molecule has 3 aromatic carbocycles. The van der Waals surface area contributed by atoms with E-state index in [4.69, 9.17) is 28.4 Å². The van der Waals surface area contributed by atoms with Gasteiger partial charge in [-0.25, -0.2) is 9.59 Å². The number of fused-ring (bicyclic) bond motifs is 3. The number of nitrogens with zero attached hydrogens (tertiary/aromatic N) is 1. The van der Waals surface area contributed by atoms with Crippen molar-refractivity contribution in [2.24, 2.45) is 5.41 Å². The van der Waals surface area contributed by atoms with E-state index in [0.717, 1.165) is 0 Å². The van der Waals surface area contributed by atoms with Gasteiger partial charge in [-0.1, -0.05) is 40.6 Å². The number of nitro groups is 1. The fourth-order valence-electron chi connectivity index (χ4n) is 7.50. The van der Waals surface area contributed by atoms with Crippen LogP contribution in [0, 0.1) is 15.5 Å². The van der Waals surface area contributed by atoms with Crippen LogP contribution in [-0.4, -0.2) is 118 Å². The second-order valence-corrected chi connectivity index (χ2v) is 17.2. The molecule has 6 atom stereocenters. The molecular weight excluding hydrogens is 845 g/mol. The number of carbonyl (C=O) groups is 5. The zero-order valence-corrected chi connectivity index (χ0v) is 34.6. The Kier molecular flexibility index (Phi) is 14.1. The molecule has 0 aromatic heterocycles. The Hall–Kier alpha value is -5.45. The average Bonchev–Trinajstić information content (AvgIpc) is 3.23. The van der Waals surface area contributed by atoms with E-state index in [1.165, 1.54) is 85.0 Å². The van der Waals surface area contributed by atoms with Crippen LogP contribution in [0.25, 0.3) is 0 Å². The highest BCUT2D eigenvalue weighted by Crippen LogP contribution is 2.54. The largest absolute Gasteiger partial charge is 0.513 e. The Morgan fingerprint density at radius 1 is 0.984 bits per heavy atom. The topological polar surface area (TPSA) is 277 Å². The van der Waals surface area contributed by atoms with Crippen LogP contribution in [0.4, 0.5) is 15.3 Å². The van der Waals surface area contributed by atoms with E-state index >= 15 is 0 Å². The van der Waals surface area contributed by atoms with E-state index < -0.39 is 99.8 Å². The Balaban J connectivity index is 1.06. The number of ether oxygens (including phenoxy) is 6. The van der Waals surface area contributed by atoms with E-state index in [0.29, 0.717) is 11.5 Å². The molecule has 21 heteroatoms. The molecule has 1 amide bonds. The molecule has 5 N–H and O–H groups in total. The summed E-state index contributed by atoms with van der Waals surface area (Å²) < 4.78 is 32.9. The first kappa shape index (κ1) is 45.1. The quantitative estimate of drug-likeness (QED) is 0.0208. The maximum Gasteiger partial charge on any atom is 0.513 e. The number of amides is 1. The van der Waals surface area contributed by atoms with Gasteiger partial charge in [0, 0.05) is 52.2 Å². The van der Waals surface area contributed by atoms with Gasteiger partial charge >= 0.3 is 12.2 Å². The van der Waals surface area contributed by atoms with Gasteiger partial charge in [0.25, 0.3) is 5.69 Å². The predicted octanol–water partition coefficient (Wildman–Crippen LogP) is 4.55. The Morgan fingerprint density at radius 2 is 1.66 bits per heavy atom. The average molecular weight is 887 g/mol. The Labute approximate surface area is 355 Å². The summed E-state index contributed by atoms with van der Waals surface area (Å²) in [5.41, 5.74) is -2.68. The lowest BCUT2D eigenvalue weighted by molar-refractivity contribution is -0.384. The van der Waals surface area contributed by atoms with Gasteiger partial charge in [-0.3, -0.25) is 24.5 Å². The lowest BCUT2D eigenvalue weighted by Gasteiger charge is -2.43. The van der Waals surface area contributed by atoms with Gasteiger partial charge in [0.1, 0.15) is 48.9 Å². The normalized spacial score (nSPS) is 22.9. The summed E-state index contributed by atoms with van der Waals surface area (Å²) in [6.45, 7) is 2.20. The van der Waals surface area contributed by atoms with Crippen LogP contribution < -0.4 is 14.8 Å². The molecule has 3 aliphatic rings. The SMILES string of the molecule is COc1cccc2c1C(=O)c1c(O)c3c(c(O)c1C2=O)C[C@@](C)(C(=O)CO)C[C@@H]3O[C@H]1C[C@H](NC(=O)OCCSSCCOC(=O)Oc2ccc([N+](=O)[O-])cc2)[C@H](O)[C@H](C)O1.